The molecular formula is C18H18N2O4. The molecule has 0 aromatic heterocycles. The first-order valence-corrected chi connectivity index (χ1v) is 7.69. The molecule has 24 heavy (non-hydrogen) atoms. The van der Waals surface area contributed by atoms with Gasteiger partial charge in [0.25, 0.3) is 5.91 Å². The SMILES string of the molecule is CC(=O)N(c1ccc(NC(=O)c2cccc(O)c2O)cc1)C1CC1. The van der Waals surface area contributed by atoms with Crippen LogP contribution in [0.25, 0.3) is 0 Å². The molecular weight excluding hydrogens is 308 g/mol. The van der Waals surface area contributed by atoms with Gasteiger partial charge in [0.05, 0.1) is 5.56 Å². The van der Waals surface area contributed by atoms with Gasteiger partial charge in [0, 0.05) is 24.3 Å². The molecule has 0 radical (unpaired) electrons. The van der Waals surface area contributed by atoms with Gasteiger partial charge >= 0.3 is 0 Å². The molecule has 124 valence electrons. The van der Waals surface area contributed by atoms with Crippen molar-refractivity contribution in [3.05, 3.63) is 48.0 Å². The first-order valence-electron chi connectivity index (χ1n) is 7.69. The van der Waals surface area contributed by atoms with Crippen LogP contribution < -0.4 is 10.2 Å². The van der Waals surface area contributed by atoms with Crippen molar-refractivity contribution in [2.45, 2.75) is 25.8 Å². The molecule has 0 spiro atoms. The highest BCUT2D eigenvalue weighted by molar-refractivity contribution is 6.06. The number of rotatable bonds is 4. The highest BCUT2D eigenvalue weighted by atomic mass is 16.3. The second kappa shape index (κ2) is 6.23. The number of carbonyl (C=O) groups excluding carboxylic acids is 2. The highest BCUT2D eigenvalue weighted by Crippen LogP contribution is 2.33. The predicted molar refractivity (Wildman–Crippen MR) is 90.3 cm³/mol. The van der Waals surface area contributed by atoms with E-state index in [1.54, 1.807) is 36.1 Å². The van der Waals surface area contributed by atoms with Crippen LogP contribution in [-0.2, 0) is 4.79 Å². The molecule has 6 heteroatoms. The lowest BCUT2D eigenvalue weighted by molar-refractivity contribution is -0.116. The van der Waals surface area contributed by atoms with E-state index in [2.05, 4.69) is 5.32 Å². The zero-order valence-corrected chi connectivity index (χ0v) is 13.2. The number of benzene rings is 2. The smallest absolute Gasteiger partial charge is 0.259 e. The standard InChI is InChI=1S/C18H18N2O4/c1-11(21)20(14-9-10-14)13-7-5-12(6-8-13)19-18(24)15-3-2-4-16(22)17(15)23/h2-8,14,22-23H,9-10H2,1H3,(H,19,24). The Morgan fingerprint density at radius 3 is 2.33 bits per heavy atom. The number of phenolic OH excluding ortho intramolecular Hbond substituents is 2. The van der Waals surface area contributed by atoms with Crippen molar-refractivity contribution >= 4 is 23.2 Å². The van der Waals surface area contributed by atoms with Crippen molar-refractivity contribution in [1.82, 2.24) is 0 Å². The zero-order chi connectivity index (χ0) is 17.3. The van der Waals surface area contributed by atoms with Crippen molar-refractivity contribution in [3.8, 4) is 11.5 Å². The van der Waals surface area contributed by atoms with E-state index >= 15 is 0 Å². The second-order valence-electron chi connectivity index (χ2n) is 5.79. The fraction of sp³-hybridized carbons (Fsp3) is 0.222. The van der Waals surface area contributed by atoms with E-state index in [1.807, 2.05) is 0 Å². The lowest BCUT2D eigenvalue weighted by Crippen LogP contribution is -2.30. The third-order valence-corrected chi connectivity index (χ3v) is 3.91. The minimum Gasteiger partial charge on any atom is -0.504 e. The number of hydrogen-bond donors (Lipinski definition) is 3. The monoisotopic (exact) mass is 326 g/mol. The topological polar surface area (TPSA) is 89.9 Å². The summed E-state index contributed by atoms with van der Waals surface area (Å²) in [7, 11) is 0. The number of nitrogens with one attached hydrogen (secondary N) is 1. The van der Waals surface area contributed by atoms with Crippen molar-refractivity contribution in [1.29, 1.82) is 0 Å². The highest BCUT2D eigenvalue weighted by Gasteiger charge is 2.31. The van der Waals surface area contributed by atoms with E-state index in [9.17, 15) is 19.8 Å². The van der Waals surface area contributed by atoms with Crippen LogP contribution in [-0.4, -0.2) is 28.1 Å². The van der Waals surface area contributed by atoms with E-state index in [4.69, 9.17) is 0 Å². The van der Waals surface area contributed by atoms with Crippen molar-refractivity contribution in [3.63, 3.8) is 0 Å². The predicted octanol–water partition coefficient (Wildman–Crippen LogP) is 2.87. The van der Waals surface area contributed by atoms with Crippen LogP contribution in [0.4, 0.5) is 11.4 Å². The summed E-state index contributed by atoms with van der Waals surface area (Å²) in [5.41, 5.74) is 1.32. The van der Waals surface area contributed by atoms with Gasteiger partial charge in [-0.15, -0.1) is 0 Å². The molecule has 0 atom stereocenters. The van der Waals surface area contributed by atoms with Gasteiger partial charge in [-0.3, -0.25) is 9.59 Å². The van der Waals surface area contributed by atoms with Gasteiger partial charge in [-0.1, -0.05) is 6.07 Å². The number of para-hydroxylation sites is 1. The first kappa shape index (κ1) is 15.9. The fourth-order valence-corrected chi connectivity index (χ4v) is 2.60. The summed E-state index contributed by atoms with van der Waals surface area (Å²) in [4.78, 5) is 25.7. The second-order valence-corrected chi connectivity index (χ2v) is 5.79. The first-order chi connectivity index (χ1) is 11.5. The van der Waals surface area contributed by atoms with Crippen molar-refractivity contribution in [2.24, 2.45) is 0 Å². The molecule has 0 heterocycles. The Morgan fingerprint density at radius 2 is 1.75 bits per heavy atom. The van der Waals surface area contributed by atoms with Crippen LogP contribution in [0.5, 0.6) is 11.5 Å². The van der Waals surface area contributed by atoms with Crippen LogP contribution in [0.1, 0.15) is 30.1 Å². The maximum atomic E-state index is 12.2. The average molecular weight is 326 g/mol. The Balaban J connectivity index is 1.75. The molecule has 1 aliphatic rings. The van der Waals surface area contributed by atoms with Gasteiger partial charge in [-0.2, -0.15) is 0 Å². The van der Waals surface area contributed by atoms with E-state index in [-0.39, 0.29) is 23.3 Å². The average Bonchev–Trinajstić information content (AvgIpc) is 3.36. The number of phenols is 2. The van der Waals surface area contributed by atoms with Gasteiger partial charge in [0.1, 0.15) is 0 Å². The van der Waals surface area contributed by atoms with Gasteiger partial charge in [0.2, 0.25) is 5.91 Å². The zero-order valence-electron chi connectivity index (χ0n) is 13.2. The van der Waals surface area contributed by atoms with Crippen LogP contribution in [0.3, 0.4) is 0 Å². The van der Waals surface area contributed by atoms with Crippen LogP contribution >= 0.6 is 0 Å². The molecule has 1 fully saturated rings. The Labute approximate surface area is 139 Å². The number of carbonyl (C=O) groups is 2. The molecule has 2 aromatic carbocycles. The fourth-order valence-electron chi connectivity index (χ4n) is 2.60. The molecule has 0 unspecified atom stereocenters. The van der Waals surface area contributed by atoms with Crippen LogP contribution in [0.15, 0.2) is 42.5 Å². The van der Waals surface area contributed by atoms with Crippen molar-refractivity contribution < 1.29 is 19.8 Å². The number of hydrogen-bond acceptors (Lipinski definition) is 4. The lowest BCUT2D eigenvalue weighted by Gasteiger charge is -2.21. The van der Waals surface area contributed by atoms with Gasteiger partial charge < -0.3 is 20.4 Å². The van der Waals surface area contributed by atoms with E-state index in [1.165, 1.54) is 18.2 Å². The van der Waals surface area contributed by atoms with E-state index < -0.39 is 11.7 Å². The minimum atomic E-state index is -0.526. The summed E-state index contributed by atoms with van der Waals surface area (Å²) in [6, 6.07) is 11.4. The molecule has 1 saturated carbocycles. The molecule has 0 aliphatic heterocycles. The molecule has 0 bridgehead atoms. The Bertz CT molecular complexity index is 782. The summed E-state index contributed by atoms with van der Waals surface area (Å²) >= 11 is 0. The van der Waals surface area contributed by atoms with Crippen LogP contribution in [0.2, 0.25) is 0 Å². The minimum absolute atomic E-state index is 0.000955. The molecule has 0 saturated heterocycles. The largest absolute Gasteiger partial charge is 0.504 e. The van der Waals surface area contributed by atoms with Crippen molar-refractivity contribution in [2.75, 3.05) is 10.2 Å². The summed E-state index contributed by atoms with van der Waals surface area (Å²) in [5, 5.41) is 21.8. The van der Waals surface area contributed by atoms with Crippen LogP contribution in [0, 0.1) is 0 Å². The number of amides is 2. The normalized spacial score (nSPS) is 13.4. The number of anilines is 2. The van der Waals surface area contributed by atoms with Gasteiger partial charge in [-0.05, 0) is 49.2 Å². The Morgan fingerprint density at radius 1 is 1.08 bits per heavy atom. The quantitative estimate of drug-likeness (QED) is 0.754. The molecule has 2 aromatic rings. The molecule has 3 rings (SSSR count). The lowest BCUT2D eigenvalue weighted by atomic mass is 10.1. The van der Waals surface area contributed by atoms with Gasteiger partial charge in [0.15, 0.2) is 11.5 Å². The number of nitrogens with zero attached hydrogens (tertiary/aromatic N) is 1. The molecule has 6 nitrogen and oxygen atoms in total. The van der Waals surface area contributed by atoms with E-state index in [0.29, 0.717) is 5.69 Å². The third kappa shape index (κ3) is 3.17. The Hall–Kier alpha value is -3.02. The maximum Gasteiger partial charge on any atom is 0.259 e. The van der Waals surface area contributed by atoms with E-state index in [0.717, 1.165) is 18.5 Å². The molecule has 1 aliphatic carbocycles. The molecule has 2 amide bonds. The summed E-state index contributed by atoms with van der Waals surface area (Å²) in [5.74, 6) is -1.33. The summed E-state index contributed by atoms with van der Waals surface area (Å²) in [6.45, 7) is 1.54. The Kier molecular flexibility index (Phi) is 4.12. The third-order valence-electron chi connectivity index (χ3n) is 3.91. The van der Waals surface area contributed by atoms with Gasteiger partial charge in [-0.25, -0.2) is 0 Å². The maximum absolute atomic E-state index is 12.2. The summed E-state index contributed by atoms with van der Waals surface area (Å²) in [6.07, 6.45) is 2.02. The molecule has 3 N–H and O–H groups in total. The summed E-state index contributed by atoms with van der Waals surface area (Å²) < 4.78 is 0. The number of aromatic hydroxyl groups is 2.